The highest BCUT2D eigenvalue weighted by Crippen LogP contribution is 2.18. The molecule has 0 bridgehead atoms. The van der Waals surface area contributed by atoms with Crippen LogP contribution < -0.4 is 15.8 Å². The lowest BCUT2D eigenvalue weighted by Crippen LogP contribution is -2.48. The first-order valence-corrected chi connectivity index (χ1v) is 6.27. The van der Waals surface area contributed by atoms with Gasteiger partial charge in [0.1, 0.15) is 5.75 Å². The molecule has 0 spiro atoms. The minimum atomic E-state index is -2.84. The van der Waals surface area contributed by atoms with Gasteiger partial charge in [-0.3, -0.25) is 4.79 Å². The van der Waals surface area contributed by atoms with Gasteiger partial charge in [-0.15, -0.1) is 0 Å². The lowest BCUT2D eigenvalue weighted by atomic mass is 9.87. The van der Waals surface area contributed by atoms with Crippen LogP contribution in [-0.2, 0) is 11.3 Å². The van der Waals surface area contributed by atoms with Gasteiger partial charge in [0.05, 0.1) is 6.04 Å². The van der Waals surface area contributed by atoms with Gasteiger partial charge < -0.3 is 15.8 Å². The van der Waals surface area contributed by atoms with E-state index in [2.05, 4.69) is 10.1 Å². The molecule has 0 saturated carbocycles. The molecule has 4 nitrogen and oxygen atoms in total. The average Bonchev–Trinajstić information content (AvgIpc) is 2.35. The van der Waals surface area contributed by atoms with E-state index in [4.69, 9.17) is 5.73 Å². The molecule has 0 fully saturated rings. The highest BCUT2D eigenvalue weighted by atomic mass is 19.3. The van der Waals surface area contributed by atoms with E-state index >= 15 is 0 Å². The molecule has 1 atom stereocenters. The number of alkyl halides is 2. The van der Waals surface area contributed by atoms with Gasteiger partial charge in [-0.2, -0.15) is 8.78 Å². The van der Waals surface area contributed by atoms with Crippen molar-refractivity contribution in [2.45, 2.75) is 40.0 Å². The number of nitrogens with one attached hydrogen (secondary N) is 1. The highest BCUT2D eigenvalue weighted by molar-refractivity contribution is 5.82. The maximum atomic E-state index is 12.0. The van der Waals surface area contributed by atoms with E-state index < -0.39 is 12.7 Å². The van der Waals surface area contributed by atoms with Crippen LogP contribution in [0.2, 0.25) is 0 Å². The van der Waals surface area contributed by atoms with E-state index in [1.807, 2.05) is 20.8 Å². The van der Waals surface area contributed by atoms with Gasteiger partial charge in [-0.25, -0.2) is 0 Å². The first kappa shape index (κ1) is 16.4. The maximum Gasteiger partial charge on any atom is 0.387 e. The van der Waals surface area contributed by atoms with Crippen molar-refractivity contribution >= 4 is 5.91 Å². The molecule has 0 aliphatic heterocycles. The number of rotatable bonds is 5. The van der Waals surface area contributed by atoms with E-state index in [-0.39, 0.29) is 23.6 Å². The highest BCUT2D eigenvalue weighted by Gasteiger charge is 2.26. The third-order valence-electron chi connectivity index (χ3n) is 2.83. The van der Waals surface area contributed by atoms with Crippen molar-refractivity contribution in [2.24, 2.45) is 11.1 Å². The molecule has 0 aliphatic carbocycles. The Labute approximate surface area is 117 Å². The summed E-state index contributed by atoms with van der Waals surface area (Å²) in [6.07, 6.45) is 0. The molecular formula is C14H20F2N2O2. The third kappa shape index (κ3) is 5.13. The first-order chi connectivity index (χ1) is 9.20. The van der Waals surface area contributed by atoms with Crippen LogP contribution in [0.15, 0.2) is 24.3 Å². The fourth-order valence-corrected chi connectivity index (χ4v) is 1.48. The molecule has 1 aromatic rings. The Balaban J connectivity index is 2.52. The second-order valence-electron chi connectivity index (χ2n) is 5.58. The molecule has 1 amide bonds. The van der Waals surface area contributed by atoms with Crippen molar-refractivity contribution in [3.8, 4) is 5.75 Å². The minimum Gasteiger partial charge on any atom is -0.435 e. The number of hydrogen-bond acceptors (Lipinski definition) is 3. The predicted octanol–water partition coefficient (Wildman–Crippen LogP) is 2.28. The number of benzene rings is 1. The molecule has 3 N–H and O–H groups in total. The van der Waals surface area contributed by atoms with Gasteiger partial charge >= 0.3 is 6.61 Å². The molecule has 1 aromatic carbocycles. The number of hydrogen-bond donors (Lipinski definition) is 2. The Morgan fingerprint density at radius 3 is 2.30 bits per heavy atom. The first-order valence-electron chi connectivity index (χ1n) is 6.27. The smallest absolute Gasteiger partial charge is 0.387 e. The Morgan fingerprint density at radius 2 is 1.85 bits per heavy atom. The molecule has 1 rings (SSSR count). The lowest BCUT2D eigenvalue weighted by molar-refractivity contribution is -0.124. The van der Waals surface area contributed by atoms with Crippen molar-refractivity contribution in [3.63, 3.8) is 0 Å². The summed E-state index contributed by atoms with van der Waals surface area (Å²) in [5.74, 6) is -0.160. The fourth-order valence-electron chi connectivity index (χ4n) is 1.48. The van der Waals surface area contributed by atoms with Gasteiger partial charge in [-0.05, 0) is 23.1 Å². The molecule has 0 heterocycles. The Hall–Kier alpha value is -1.69. The van der Waals surface area contributed by atoms with E-state index in [9.17, 15) is 13.6 Å². The molecule has 0 aliphatic rings. The minimum absolute atomic E-state index is 0.0847. The Morgan fingerprint density at radius 1 is 1.30 bits per heavy atom. The summed E-state index contributed by atoms with van der Waals surface area (Å²) in [6.45, 7) is 3.09. The Bertz CT molecular complexity index is 441. The molecule has 6 heteroatoms. The summed E-state index contributed by atoms with van der Waals surface area (Å²) in [6, 6.07) is 5.47. The van der Waals surface area contributed by atoms with Crippen molar-refractivity contribution in [1.29, 1.82) is 0 Å². The van der Waals surface area contributed by atoms with Gasteiger partial charge in [0.25, 0.3) is 0 Å². The van der Waals surface area contributed by atoms with Crippen LogP contribution in [0.1, 0.15) is 26.3 Å². The summed E-state index contributed by atoms with van der Waals surface area (Å²) in [5, 5.41) is 2.71. The number of carbonyl (C=O) groups is 1. The molecule has 0 radical (unpaired) electrons. The zero-order chi connectivity index (χ0) is 15.3. The van der Waals surface area contributed by atoms with Gasteiger partial charge in [-0.1, -0.05) is 32.9 Å². The molecule has 0 saturated heterocycles. The summed E-state index contributed by atoms with van der Waals surface area (Å²) in [7, 11) is 0. The monoisotopic (exact) mass is 286 g/mol. The van der Waals surface area contributed by atoms with Crippen LogP contribution in [0.5, 0.6) is 5.75 Å². The quantitative estimate of drug-likeness (QED) is 0.872. The van der Waals surface area contributed by atoms with Crippen molar-refractivity contribution in [2.75, 3.05) is 0 Å². The standard InChI is InChI=1S/C14H20F2N2O2/c1-14(2,3)11(17)12(19)18-8-9-4-6-10(7-5-9)20-13(15)16/h4-7,11,13H,8,17H2,1-3H3,(H,18,19)/t11-/m0/s1. The van der Waals surface area contributed by atoms with Gasteiger partial charge in [0, 0.05) is 6.54 Å². The van der Waals surface area contributed by atoms with Crippen LogP contribution in [0.4, 0.5) is 8.78 Å². The maximum absolute atomic E-state index is 12.0. The van der Waals surface area contributed by atoms with E-state index in [0.717, 1.165) is 5.56 Å². The summed E-state index contributed by atoms with van der Waals surface area (Å²) < 4.78 is 28.2. The second kappa shape index (κ2) is 6.65. The largest absolute Gasteiger partial charge is 0.435 e. The summed E-state index contributed by atoms with van der Waals surface area (Å²) in [5.41, 5.74) is 6.28. The number of nitrogens with two attached hydrogens (primary N) is 1. The average molecular weight is 286 g/mol. The number of halogens is 2. The topological polar surface area (TPSA) is 64.4 Å². The van der Waals surface area contributed by atoms with Crippen LogP contribution in [0, 0.1) is 5.41 Å². The van der Waals surface area contributed by atoms with Crippen LogP contribution in [-0.4, -0.2) is 18.6 Å². The molecule has 20 heavy (non-hydrogen) atoms. The number of amides is 1. The van der Waals surface area contributed by atoms with E-state index in [1.54, 1.807) is 12.1 Å². The second-order valence-corrected chi connectivity index (χ2v) is 5.58. The third-order valence-corrected chi connectivity index (χ3v) is 2.83. The van der Waals surface area contributed by atoms with Crippen LogP contribution >= 0.6 is 0 Å². The van der Waals surface area contributed by atoms with Crippen molar-refractivity contribution in [1.82, 2.24) is 5.32 Å². The summed E-state index contributed by atoms with van der Waals surface area (Å²) >= 11 is 0. The van der Waals surface area contributed by atoms with Gasteiger partial charge in [0.15, 0.2) is 0 Å². The molecular weight excluding hydrogens is 266 g/mol. The van der Waals surface area contributed by atoms with Crippen LogP contribution in [0.25, 0.3) is 0 Å². The zero-order valence-electron chi connectivity index (χ0n) is 11.8. The summed E-state index contributed by atoms with van der Waals surface area (Å²) in [4.78, 5) is 11.8. The van der Waals surface area contributed by atoms with E-state index in [0.29, 0.717) is 0 Å². The molecule has 0 unspecified atom stereocenters. The number of ether oxygens (including phenoxy) is 1. The molecule has 112 valence electrons. The van der Waals surface area contributed by atoms with Gasteiger partial charge in [0.2, 0.25) is 5.91 Å². The predicted molar refractivity (Wildman–Crippen MR) is 72.4 cm³/mol. The normalized spacial score (nSPS) is 13.2. The fraction of sp³-hybridized carbons (Fsp3) is 0.500. The zero-order valence-corrected chi connectivity index (χ0v) is 11.8. The van der Waals surface area contributed by atoms with Crippen molar-refractivity contribution < 1.29 is 18.3 Å². The molecule has 0 aromatic heterocycles. The van der Waals surface area contributed by atoms with Crippen molar-refractivity contribution in [3.05, 3.63) is 29.8 Å². The van der Waals surface area contributed by atoms with Crippen LogP contribution in [0.3, 0.4) is 0 Å². The Kier molecular flexibility index (Phi) is 5.44. The van der Waals surface area contributed by atoms with E-state index in [1.165, 1.54) is 12.1 Å². The SMILES string of the molecule is CC(C)(C)[C@@H](N)C(=O)NCc1ccc(OC(F)F)cc1. The lowest BCUT2D eigenvalue weighted by Gasteiger charge is -2.25. The number of carbonyl (C=O) groups excluding carboxylic acids is 1.